The Bertz CT molecular complexity index is 1460. The zero-order valence-corrected chi connectivity index (χ0v) is 59.9. The zero-order chi connectivity index (χ0) is 63.6. The molecule has 9 heteroatoms. The molecule has 0 N–H and O–H groups in total. The van der Waals surface area contributed by atoms with Crippen molar-refractivity contribution in [1.29, 1.82) is 0 Å². The molecular formula is C78H153N3O6. The second kappa shape index (κ2) is 68.2. The third-order valence-electron chi connectivity index (χ3n) is 18.8. The van der Waals surface area contributed by atoms with E-state index in [1.165, 1.54) is 250 Å². The van der Waals surface area contributed by atoms with Gasteiger partial charge < -0.3 is 24.2 Å². The molecule has 516 valence electrons. The summed E-state index contributed by atoms with van der Waals surface area (Å²) in [4.78, 5) is 59.9. The van der Waals surface area contributed by atoms with Gasteiger partial charge in [-0.2, -0.15) is 0 Å². The Morgan fingerprint density at radius 3 is 0.851 bits per heavy atom. The molecule has 0 aliphatic heterocycles. The number of esters is 2. The summed E-state index contributed by atoms with van der Waals surface area (Å²) in [7, 11) is 2.23. The fourth-order valence-electron chi connectivity index (χ4n) is 12.7. The molecule has 9 nitrogen and oxygen atoms in total. The molecule has 87 heavy (non-hydrogen) atoms. The molecule has 0 heterocycles. The van der Waals surface area contributed by atoms with Crippen molar-refractivity contribution >= 4 is 23.8 Å². The minimum Gasteiger partial charge on any atom is -0.465 e. The number of hydrogen-bond donors (Lipinski definition) is 0. The van der Waals surface area contributed by atoms with Crippen LogP contribution in [-0.4, -0.2) is 98.0 Å². The lowest BCUT2D eigenvalue weighted by molar-refractivity contribution is -0.146. The minimum atomic E-state index is -0.0859. The van der Waals surface area contributed by atoms with Gasteiger partial charge in [0, 0.05) is 51.9 Å². The topological polar surface area (TPSA) is 96.5 Å². The maximum Gasteiger partial charge on any atom is 0.305 e. The van der Waals surface area contributed by atoms with E-state index in [-0.39, 0.29) is 17.8 Å². The number of unbranched alkanes of at least 4 members (excludes halogenated alkanes) is 39. The summed E-state index contributed by atoms with van der Waals surface area (Å²) >= 11 is 0. The Hall–Kier alpha value is -2.16. The Balaban J connectivity index is 5.01. The molecule has 0 rings (SSSR count). The van der Waals surface area contributed by atoms with Crippen molar-refractivity contribution in [2.45, 2.75) is 408 Å². The van der Waals surface area contributed by atoms with E-state index in [0.717, 1.165) is 123 Å². The normalized spacial score (nSPS) is 12.3. The molecule has 2 unspecified atom stereocenters. The van der Waals surface area contributed by atoms with E-state index in [2.05, 4.69) is 63.3 Å². The van der Waals surface area contributed by atoms with Crippen molar-refractivity contribution < 1.29 is 28.7 Å². The molecule has 0 spiro atoms. The van der Waals surface area contributed by atoms with Crippen molar-refractivity contribution in [2.24, 2.45) is 11.8 Å². The molecule has 0 aromatic carbocycles. The summed E-state index contributed by atoms with van der Waals surface area (Å²) in [6.07, 6.45) is 66.5. The number of hydrogen-bond acceptors (Lipinski definition) is 7. The van der Waals surface area contributed by atoms with Gasteiger partial charge in [-0.25, -0.2) is 0 Å². The summed E-state index contributed by atoms with van der Waals surface area (Å²) in [6, 6.07) is 0. The highest BCUT2D eigenvalue weighted by Crippen LogP contribution is 2.22. The Labute approximate surface area is 543 Å². The maximum absolute atomic E-state index is 13.8. The van der Waals surface area contributed by atoms with Crippen molar-refractivity contribution in [1.82, 2.24) is 14.7 Å². The van der Waals surface area contributed by atoms with E-state index >= 15 is 0 Å². The van der Waals surface area contributed by atoms with Crippen molar-refractivity contribution in [3.63, 3.8) is 0 Å². The van der Waals surface area contributed by atoms with E-state index in [0.29, 0.717) is 63.1 Å². The molecule has 0 fully saturated rings. The lowest BCUT2D eigenvalue weighted by Gasteiger charge is -2.25. The lowest BCUT2D eigenvalue weighted by Crippen LogP contribution is -2.34. The summed E-state index contributed by atoms with van der Waals surface area (Å²) in [5.41, 5.74) is 0. The molecule has 0 aromatic rings. The number of ether oxygens (including phenoxy) is 2. The molecular weight excluding hydrogens is 1070 g/mol. The lowest BCUT2D eigenvalue weighted by atomic mass is 9.95. The Morgan fingerprint density at radius 1 is 0.253 bits per heavy atom. The van der Waals surface area contributed by atoms with Gasteiger partial charge in [-0.15, -0.1) is 0 Å². The van der Waals surface area contributed by atoms with Gasteiger partial charge in [-0.05, 0) is 115 Å². The fourth-order valence-corrected chi connectivity index (χ4v) is 12.7. The third kappa shape index (κ3) is 59.9. The predicted octanol–water partition coefficient (Wildman–Crippen LogP) is 23.2. The van der Waals surface area contributed by atoms with Crippen molar-refractivity contribution in [3.05, 3.63) is 0 Å². The van der Waals surface area contributed by atoms with Crippen LogP contribution in [0.15, 0.2) is 0 Å². The average molecular weight is 1230 g/mol. The summed E-state index contributed by atoms with van der Waals surface area (Å²) in [5, 5.41) is 0. The summed E-state index contributed by atoms with van der Waals surface area (Å²) in [6.45, 7) is 20.1. The SMILES string of the molecule is CCCCCCCCCCCCCCCCN(CCCN(C)CCCCCCCC(=O)N(CCCCCCCCCC)CCCCCC(=O)OCC(CCCC)CCCCCC)C(=O)CCCCC(=O)OCC(CCCCCC)CCCCCCCC. The van der Waals surface area contributed by atoms with E-state index in [9.17, 15) is 19.2 Å². The fraction of sp³-hybridized carbons (Fsp3) is 0.949. The van der Waals surface area contributed by atoms with Crippen LogP contribution < -0.4 is 0 Å². The second-order valence-electron chi connectivity index (χ2n) is 27.5. The molecule has 0 aromatic heterocycles. The van der Waals surface area contributed by atoms with Gasteiger partial charge in [-0.3, -0.25) is 19.2 Å². The molecule has 2 atom stereocenters. The smallest absolute Gasteiger partial charge is 0.305 e. The highest BCUT2D eigenvalue weighted by atomic mass is 16.5. The van der Waals surface area contributed by atoms with Gasteiger partial charge in [0.15, 0.2) is 0 Å². The highest BCUT2D eigenvalue weighted by Gasteiger charge is 2.18. The molecule has 0 bridgehead atoms. The average Bonchev–Trinajstić information content (AvgIpc) is 3.60. The largest absolute Gasteiger partial charge is 0.465 e. The molecule has 0 aliphatic carbocycles. The summed E-state index contributed by atoms with van der Waals surface area (Å²) in [5.74, 6) is 1.41. The van der Waals surface area contributed by atoms with Gasteiger partial charge in [0.05, 0.1) is 13.2 Å². The standard InChI is InChI=1S/C78H153N3O6/c1-8-14-20-25-28-30-31-32-33-34-35-37-43-54-68-81(76(83)62-50-51-64-78(85)87-72-74(59-46-24-18-12-5)60-47-39-27-22-16-10-3)70-56-66-79(7)65-52-41-38-40-48-61-75(82)80(67-53-42-36-29-26-21-15-9-2)69-55-44-49-63-77(84)86-71-73(57-19-13-6)58-45-23-17-11-4/h73-74H,8-72H2,1-7H3. The van der Waals surface area contributed by atoms with E-state index in [4.69, 9.17) is 9.47 Å². The van der Waals surface area contributed by atoms with E-state index < -0.39 is 0 Å². The van der Waals surface area contributed by atoms with E-state index in [1.54, 1.807) is 0 Å². The van der Waals surface area contributed by atoms with Crippen LogP contribution in [0.2, 0.25) is 0 Å². The Kier molecular flexibility index (Phi) is 66.5. The van der Waals surface area contributed by atoms with Crippen LogP contribution in [0.1, 0.15) is 408 Å². The first-order valence-corrected chi connectivity index (χ1v) is 39.2. The Morgan fingerprint density at radius 2 is 0.483 bits per heavy atom. The molecule has 0 aliphatic rings. The minimum absolute atomic E-state index is 0.0473. The van der Waals surface area contributed by atoms with Gasteiger partial charge in [0.1, 0.15) is 0 Å². The van der Waals surface area contributed by atoms with Crippen LogP contribution in [0.4, 0.5) is 0 Å². The van der Waals surface area contributed by atoms with Crippen LogP contribution in [0.3, 0.4) is 0 Å². The first-order valence-electron chi connectivity index (χ1n) is 39.2. The highest BCUT2D eigenvalue weighted by molar-refractivity contribution is 5.76. The monoisotopic (exact) mass is 1230 g/mol. The van der Waals surface area contributed by atoms with E-state index in [1.807, 2.05) is 0 Å². The van der Waals surface area contributed by atoms with Crippen molar-refractivity contribution in [3.8, 4) is 0 Å². The summed E-state index contributed by atoms with van der Waals surface area (Å²) < 4.78 is 11.7. The quantitative estimate of drug-likeness (QED) is 0.0442. The van der Waals surface area contributed by atoms with Crippen molar-refractivity contribution in [2.75, 3.05) is 59.5 Å². The number of amides is 2. The van der Waals surface area contributed by atoms with Gasteiger partial charge in [0.25, 0.3) is 0 Å². The number of carbonyl (C=O) groups is 4. The first-order chi connectivity index (χ1) is 42.6. The zero-order valence-electron chi connectivity index (χ0n) is 59.9. The molecule has 2 amide bonds. The third-order valence-corrected chi connectivity index (χ3v) is 18.8. The van der Waals surface area contributed by atoms with Crippen LogP contribution in [0, 0.1) is 11.8 Å². The van der Waals surface area contributed by atoms with Crippen LogP contribution in [-0.2, 0) is 28.7 Å². The second-order valence-corrected chi connectivity index (χ2v) is 27.5. The molecule has 0 saturated carbocycles. The number of carbonyl (C=O) groups excluding carboxylic acids is 4. The number of nitrogens with zero attached hydrogens (tertiary/aromatic N) is 3. The predicted molar refractivity (Wildman–Crippen MR) is 377 cm³/mol. The van der Waals surface area contributed by atoms with Gasteiger partial charge in [-0.1, -0.05) is 298 Å². The molecule has 0 radical (unpaired) electrons. The van der Waals surface area contributed by atoms with Gasteiger partial charge >= 0.3 is 11.9 Å². The first kappa shape index (κ1) is 84.8. The van der Waals surface area contributed by atoms with Gasteiger partial charge in [0.2, 0.25) is 11.8 Å². The molecule has 0 saturated heterocycles. The number of rotatable bonds is 71. The van der Waals surface area contributed by atoms with Crippen LogP contribution in [0.5, 0.6) is 0 Å². The van der Waals surface area contributed by atoms with Crippen LogP contribution >= 0.6 is 0 Å². The maximum atomic E-state index is 13.8. The van der Waals surface area contributed by atoms with Crippen LogP contribution in [0.25, 0.3) is 0 Å².